The van der Waals surface area contributed by atoms with Crippen molar-refractivity contribution in [1.82, 2.24) is 0 Å². The Morgan fingerprint density at radius 2 is 2.13 bits per heavy atom. The van der Waals surface area contributed by atoms with Gasteiger partial charge in [-0.15, -0.1) is 0 Å². The van der Waals surface area contributed by atoms with Crippen LogP contribution in [-0.2, 0) is 6.42 Å². The predicted octanol–water partition coefficient (Wildman–Crippen LogP) is 2.67. The fourth-order valence-electron chi connectivity index (χ4n) is 1.62. The number of aromatic hydroxyl groups is 1. The van der Waals surface area contributed by atoms with Gasteiger partial charge in [-0.2, -0.15) is 0 Å². The molecule has 2 nitrogen and oxygen atoms in total. The van der Waals surface area contributed by atoms with Crippen molar-refractivity contribution in [3.8, 4) is 5.75 Å². The average molecular weight is 275 g/mol. The second kappa shape index (κ2) is 3.46. The summed E-state index contributed by atoms with van der Waals surface area (Å²) in [5.74, 6) is -0.326. The SMILES string of the molecule is Cc1c(F)cc(Br)c(O)c1CC1(O)CC1. The van der Waals surface area contributed by atoms with Crippen molar-refractivity contribution in [2.75, 3.05) is 0 Å². The predicted molar refractivity (Wildman–Crippen MR) is 58.4 cm³/mol. The van der Waals surface area contributed by atoms with Crippen molar-refractivity contribution in [1.29, 1.82) is 0 Å². The number of halogens is 2. The summed E-state index contributed by atoms with van der Waals surface area (Å²) in [4.78, 5) is 0. The zero-order chi connectivity index (χ0) is 11.2. The molecule has 0 atom stereocenters. The van der Waals surface area contributed by atoms with Crippen LogP contribution in [-0.4, -0.2) is 15.8 Å². The molecule has 0 radical (unpaired) electrons. The van der Waals surface area contributed by atoms with E-state index in [0.717, 1.165) is 12.8 Å². The number of rotatable bonds is 2. The maximum atomic E-state index is 13.4. The third kappa shape index (κ3) is 2.01. The standard InChI is InChI=1S/C11H12BrFO2/c1-6-7(5-11(15)2-3-11)10(14)8(12)4-9(6)13/h4,14-15H,2-3,5H2,1H3. The highest BCUT2D eigenvalue weighted by molar-refractivity contribution is 9.10. The number of phenols is 1. The summed E-state index contributed by atoms with van der Waals surface area (Å²) < 4.78 is 13.7. The second-order valence-corrected chi connectivity index (χ2v) is 5.05. The maximum absolute atomic E-state index is 13.4. The van der Waals surface area contributed by atoms with Crippen LogP contribution in [0.5, 0.6) is 5.75 Å². The molecule has 0 aliphatic heterocycles. The molecule has 0 aromatic heterocycles. The molecule has 1 aliphatic carbocycles. The van der Waals surface area contributed by atoms with E-state index in [9.17, 15) is 14.6 Å². The largest absolute Gasteiger partial charge is 0.506 e. The third-order valence-corrected chi connectivity index (χ3v) is 3.51. The van der Waals surface area contributed by atoms with E-state index in [-0.39, 0.29) is 11.6 Å². The number of phenolic OH excluding ortho intramolecular Hbond substituents is 1. The zero-order valence-electron chi connectivity index (χ0n) is 8.35. The van der Waals surface area contributed by atoms with E-state index in [4.69, 9.17) is 0 Å². The molecule has 0 heterocycles. The molecule has 4 heteroatoms. The van der Waals surface area contributed by atoms with Crippen LogP contribution < -0.4 is 0 Å². The Hall–Kier alpha value is -0.610. The normalized spacial score (nSPS) is 17.9. The molecule has 1 saturated carbocycles. The topological polar surface area (TPSA) is 40.5 Å². The molecule has 0 spiro atoms. The lowest BCUT2D eigenvalue weighted by Crippen LogP contribution is -2.12. The molecule has 0 bridgehead atoms. The lowest BCUT2D eigenvalue weighted by Gasteiger charge is -2.14. The molecule has 0 saturated heterocycles. The van der Waals surface area contributed by atoms with Gasteiger partial charge in [0.05, 0.1) is 10.1 Å². The molecule has 2 rings (SSSR count). The highest BCUT2D eigenvalue weighted by Crippen LogP contribution is 2.42. The minimum atomic E-state index is -0.727. The van der Waals surface area contributed by atoms with Crippen molar-refractivity contribution in [2.45, 2.75) is 31.8 Å². The van der Waals surface area contributed by atoms with Gasteiger partial charge in [-0.1, -0.05) is 0 Å². The average Bonchev–Trinajstić information content (AvgIpc) is 2.89. The zero-order valence-corrected chi connectivity index (χ0v) is 9.94. The quantitative estimate of drug-likeness (QED) is 0.871. The van der Waals surface area contributed by atoms with Crippen molar-refractivity contribution >= 4 is 15.9 Å². The van der Waals surface area contributed by atoms with E-state index in [1.807, 2.05) is 0 Å². The second-order valence-electron chi connectivity index (χ2n) is 4.19. The van der Waals surface area contributed by atoms with Gasteiger partial charge in [0, 0.05) is 12.0 Å². The molecule has 1 aliphatic rings. The fourth-order valence-corrected chi connectivity index (χ4v) is 2.06. The Morgan fingerprint density at radius 1 is 1.53 bits per heavy atom. The number of aliphatic hydroxyl groups is 1. The van der Waals surface area contributed by atoms with Gasteiger partial charge in [-0.05, 0) is 47.3 Å². The lowest BCUT2D eigenvalue weighted by molar-refractivity contribution is 0.149. The van der Waals surface area contributed by atoms with Gasteiger partial charge in [0.25, 0.3) is 0 Å². The first-order valence-corrected chi connectivity index (χ1v) is 5.61. The van der Waals surface area contributed by atoms with E-state index in [2.05, 4.69) is 15.9 Å². The number of hydrogen-bond donors (Lipinski definition) is 2. The van der Waals surface area contributed by atoms with Gasteiger partial charge in [0.1, 0.15) is 11.6 Å². The molecule has 0 unspecified atom stereocenters. The first kappa shape index (κ1) is 10.9. The van der Waals surface area contributed by atoms with Crippen LogP contribution in [0.3, 0.4) is 0 Å². The molecule has 1 aromatic carbocycles. The van der Waals surface area contributed by atoms with Crippen LogP contribution in [0.2, 0.25) is 0 Å². The molecule has 2 N–H and O–H groups in total. The van der Waals surface area contributed by atoms with E-state index >= 15 is 0 Å². The van der Waals surface area contributed by atoms with E-state index in [0.29, 0.717) is 22.0 Å². The Labute approximate surface area is 95.9 Å². The molecule has 1 fully saturated rings. The summed E-state index contributed by atoms with van der Waals surface area (Å²) in [6.45, 7) is 1.61. The lowest BCUT2D eigenvalue weighted by atomic mass is 10.00. The summed E-state index contributed by atoms with van der Waals surface area (Å²) >= 11 is 3.09. The first-order valence-electron chi connectivity index (χ1n) is 4.82. The Bertz CT molecular complexity index is 387. The highest BCUT2D eigenvalue weighted by Gasteiger charge is 2.41. The molecular weight excluding hydrogens is 263 g/mol. The van der Waals surface area contributed by atoms with Crippen LogP contribution in [0.4, 0.5) is 4.39 Å². The van der Waals surface area contributed by atoms with Gasteiger partial charge in [-0.25, -0.2) is 4.39 Å². The summed E-state index contributed by atoms with van der Waals surface area (Å²) in [6, 6.07) is 1.24. The summed E-state index contributed by atoms with van der Waals surface area (Å²) in [6.07, 6.45) is 1.76. The monoisotopic (exact) mass is 274 g/mol. The molecule has 1 aromatic rings. The van der Waals surface area contributed by atoms with Crippen LogP contribution >= 0.6 is 15.9 Å². The van der Waals surface area contributed by atoms with E-state index < -0.39 is 5.60 Å². The van der Waals surface area contributed by atoms with Crippen LogP contribution in [0.25, 0.3) is 0 Å². The molecule has 82 valence electrons. The molecular formula is C11H12BrFO2. The fraction of sp³-hybridized carbons (Fsp3) is 0.455. The summed E-state index contributed by atoms with van der Waals surface area (Å²) in [5.41, 5.74) is 0.188. The Kier molecular flexibility index (Phi) is 2.51. The number of hydrogen-bond acceptors (Lipinski definition) is 2. The summed E-state index contributed by atoms with van der Waals surface area (Å²) in [5, 5.41) is 19.5. The highest BCUT2D eigenvalue weighted by atomic mass is 79.9. The minimum absolute atomic E-state index is 0.0363. The smallest absolute Gasteiger partial charge is 0.133 e. The van der Waals surface area contributed by atoms with Gasteiger partial charge in [0.15, 0.2) is 0 Å². The van der Waals surface area contributed by atoms with E-state index in [1.165, 1.54) is 6.07 Å². The number of benzene rings is 1. The van der Waals surface area contributed by atoms with Crippen LogP contribution in [0.1, 0.15) is 24.0 Å². The molecule has 15 heavy (non-hydrogen) atoms. The Morgan fingerprint density at radius 3 is 2.67 bits per heavy atom. The van der Waals surface area contributed by atoms with Crippen molar-refractivity contribution in [3.05, 3.63) is 27.5 Å². The Balaban J connectivity index is 2.44. The van der Waals surface area contributed by atoms with Crippen molar-refractivity contribution < 1.29 is 14.6 Å². The van der Waals surface area contributed by atoms with E-state index in [1.54, 1.807) is 6.92 Å². The van der Waals surface area contributed by atoms with Gasteiger partial charge < -0.3 is 10.2 Å². The van der Waals surface area contributed by atoms with Crippen molar-refractivity contribution in [2.24, 2.45) is 0 Å². The van der Waals surface area contributed by atoms with Crippen LogP contribution in [0, 0.1) is 12.7 Å². The molecule has 0 amide bonds. The van der Waals surface area contributed by atoms with Gasteiger partial charge in [-0.3, -0.25) is 0 Å². The summed E-state index contributed by atoms with van der Waals surface area (Å²) in [7, 11) is 0. The van der Waals surface area contributed by atoms with Crippen LogP contribution in [0.15, 0.2) is 10.5 Å². The first-order chi connectivity index (χ1) is 6.93. The van der Waals surface area contributed by atoms with Gasteiger partial charge >= 0.3 is 0 Å². The third-order valence-electron chi connectivity index (χ3n) is 2.91. The minimum Gasteiger partial charge on any atom is -0.506 e. The maximum Gasteiger partial charge on any atom is 0.133 e. The van der Waals surface area contributed by atoms with Crippen molar-refractivity contribution in [3.63, 3.8) is 0 Å². The van der Waals surface area contributed by atoms with Gasteiger partial charge in [0.2, 0.25) is 0 Å².